The summed E-state index contributed by atoms with van der Waals surface area (Å²) in [6, 6.07) is 7.21. The monoisotopic (exact) mass is 364 g/mol. The van der Waals surface area contributed by atoms with Crippen molar-refractivity contribution in [1.82, 2.24) is 0 Å². The Labute approximate surface area is 149 Å². The van der Waals surface area contributed by atoms with Gasteiger partial charge in [0.05, 0.1) is 13.2 Å². The van der Waals surface area contributed by atoms with E-state index < -0.39 is 7.82 Å². The van der Waals surface area contributed by atoms with Crippen LogP contribution in [0, 0.1) is 0 Å². The Kier molecular flexibility index (Phi) is 7.06. The minimum Gasteiger partial charge on any atom is -0.508 e. The maximum Gasteiger partial charge on any atom is 0.530 e. The second kappa shape index (κ2) is 9.04. The predicted octanol–water partition coefficient (Wildman–Crippen LogP) is 5.29. The Morgan fingerprint density at radius 1 is 1.12 bits per heavy atom. The van der Waals surface area contributed by atoms with E-state index in [2.05, 4.69) is 6.92 Å². The van der Waals surface area contributed by atoms with Gasteiger partial charge in [0.1, 0.15) is 11.5 Å². The molecule has 2 rings (SSSR count). The van der Waals surface area contributed by atoms with Gasteiger partial charge in [-0.25, -0.2) is 4.57 Å². The molecule has 1 aliphatic carbocycles. The Balaban J connectivity index is 2.02. The Bertz CT molecular complexity index is 706. The number of phosphoric ester groups is 1. The van der Waals surface area contributed by atoms with E-state index in [1.165, 1.54) is 11.1 Å². The zero-order valence-electron chi connectivity index (χ0n) is 14.9. The molecule has 25 heavy (non-hydrogen) atoms. The van der Waals surface area contributed by atoms with Gasteiger partial charge in [0, 0.05) is 0 Å². The number of phenolic OH excluding ortho intramolecular Hbond substituents is 1. The van der Waals surface area contributed by atoms with E-state index in [1.807, 2.05) is 24.3 Å². The van der Waals surface area contributed by atoms with E-state index in [4.69, 9.17) is 13.6 Å². The first-order valence-corrected chi connectivity index (χ1v) is 9.85. The van der Waals surface area contributed by atoms with Crippen LogP contribution in [0.15, 0.2) is 59.4 Å². The van der Waals surface area contributed by atoms with Crippen molar-refractivity contribution in [3.63, 3.8) is 0 Å². The van der Waals surface area contributed by atoms with Crippen LogP contribution in [0.2, 0.25) is 0 Å². The van der Waals surface area contributed by atoms with E-state index in [0.717, 1.165) is 12.0 Å². The summed E-state index contributed by atoms with van der Waals surface area (Å²) in [6.45, 7) is 6.08. The molecule has 0 saturated heterocycles. The summed E-state index contributed by atoms with van der Waals surface area (Å²) in [7, 11) is -3.55. The molecule has 0 saturated carbocycles. The standard InChI is InChI=1S/C19H25O5P/c1-4-22-25(21,23-5-2)24-19-12-8-17(9-13-19)15(3)14-16-6-10-18(20)11-7-16/h6-8,10-13,20H,4-5,9,14H2,1-3H3. The molecule has 0 unspecified atom stereocenters. The molecule has 1 aromatic carbocycles. The van der Waals surface area contributed by atoms with Gasteiger partial charge in [-0.15, -0.1) is 0 Å². The third kappa shape index (κ3) is 5.89. The molecule has 1 aliphatic rings. The molecule has 0 amide bonds. The summed E-state index contributed by atoms with van der Waals surface area (Å²) < 4.78 is 28.1. The molecule has 0 spiro atoms. The summed E-state index contributed by atoms with van der Waals surface area (Å²) in [5.74, 6) is 0.760. The average Bonchev–Trinajstić information content (AvgIpc) is 2.58. The third-order valence-corrected chi connectivity index (χ3v) is 5.30. The van der Waals surface area contributed by atoms with Crippen LogP contribution < -0.4 is 0 Å². The SMILES string of the molecule is CCOP(=O)(OCC)OC1=CCC(=C(C)Cc2ccc(O)cc2)C=C1. The third-order valence-electron chi connectivity index (χ3n) is 3.72. The molecule has 0 atom stereocenters. The molecule has 1 aromatic rings. The van der Waals surface area contributed by atoms with Crippen molar-refractivity contribution >= 4 is 7.82 Å². The van der Waals surface area contributed by atoms with E-state index >= 15 is 0 Å². The number of hydrogen-bond acceptors (Lipinski definition) is 5. The summed E-state index contributed by atoms with van der Waals surface area (Å²) in [5, 5.41) is 9.35. The molecule has 0 heterocycles. The fourth-order valence-corrected chi connectivity index (χ4v) is 3.69. The minimum absolute atomic E-state index is 0.255. The number of phenols is 1. The number of rotatable bonds is 8. The zero-order valence-corrected chi connectivity index (χ0v) is 15.8. The molecule has 0 aliphatic heterocycles. The van der Waals surface area contributed by atoms with Crippen molar-refractivity contribution in [2.24, 2.45) is 0 Å². The van der Waals surface area contributed by atoms with Crippen LogP contribution >= 0.6 is 7.82 Å². The van der Waals surface area contributed by atoms with Gasteiger partial charge in [-0.3, -0.25) is 9.05 Å². The smallest absolute Gasteiger partial charge is 0.508 e. The first-order valence-electron chi connectivity index (χ1n) is 8.39. The molecule has 0 aromatic heterocycles. The second-order valence-corrected chi connectivity index (χ2v) is 7.26. The lowest BCUT2D eigenvalue weighted by Crippen LogP contribution is -2.01. The van der Waals surface area contributed by atoms with E-state index in [1.54, 1.807) is 32.1 Å². The van der Waals surface area contributed by atoms with Gasteiger partial charge < -0.3 is 9.63 Å². The quantitative estimate of drug-likeness (QED) is 0.635. The molecule has 0 bridgehead atoms. The van der Waals surface area contributed by atoms with Crippen LogP contribution in [0.4, 0.5) is 0 Å². The highest BCUT2D eigenvalue weighted by Crippen LogP contribution is 2.51. The molecular formula is C19H25O5P. The average molecular weight is 364 g/mol. The fourth-order valence-electron chi connectivity index (χ4n) is 2.48. The van der Waals surface area contributed by atoms with Crippen LogP contribution in [0.1, 0.15) is 32.8 Å². The lowest BCUT2D eigenvalue weighted by molar-refractivity contribution is 0.148. The lowest BCUT2D eigenvalue weighted by atomic mass is 9.96. The van der Waals surface area contributed by atoms with Crippen molar-refractivity contribution in [3.8, 4) is 5.75 Å². The van der Waals surface area contributed by atoms with Crippen LogP contribution in [0.25, 0.3) is 0 Å². The largest absolute Gasteiger partial charge is 0.530 e. The van der Waals surface area contributed by atoms with Crippen molar-refractivity contribution in [2.75, 3.05) is 13.2 Å². The topological polar surface area (TPSA) is 65.0 Å². The molecule has 136 valence electrons. The van der Waals surface area contributed by atoms with Gasteiger partial charge in [0.15, 0.2) is 0 Å². The van der Waals surface area contributed by atoms with Gasteiger partial charge >= 0.3 is 7.82 Å². The van der Waals surface area contributed by atoms with Gasteiger partial charge in [-0.05, 0) is 69.0 Å². The highest BCUT2D eigenvalue weighted by Gasteiger charge is 2.28. The lowest BCUT2D eigenvalue weighted by Gasteiger charge is -2.19. The normalized spacial score (nSPS) is 16.5. The molecular weight excluding hydrogens is 339 g/mol. The van der Waals surface area contributed by atoms with E-state index in [9.17, 15) is 9.67 Å². The summed E-state index contributed by atoms with van der Waals surface area (Å²) in [6.07, 6.45) is 7.12. The number of aromatic hydroxyl groups is 1. The van der Waals surface area contributed by atoms with Crippen LogP contribution in [0.5, 0.6) is 5.75 Å². The van der Waals surface area contributed by atoms with Gasteiger partial charge in [0.25, 0.3) is 0 Å². The number of benzene rings is 1. The Morgan fingerprint density at radius 3 is 2.28 bits per heavy atom. The van der Waals surface area contributed by atoms with Gasteiger partial charge in [0.2, 0.25) is 0 Å². The van der Waals surface area contributed by atoms with E-state index in [-0.39, 0.29) is 19.0 Å². The number of phosphoric acid groups is 1. The Hall–Kier alpha value is -1.81. The van der Waals surface area contributed by atoms with Gasteiger partial charge in [-0.2, -0.15) is 0 Å². The summed E-state index contributed by atoms with van der Waals surface area (Å²) >= 11 is 0. The molecule has 1 N–H and O–H groups in total. The second-order valence-electron chi connectivity index (χ2n) is 5.67. The van der Waals surface area contributed by atoms with E-state index in [0.29, 0.717) is 12.2 Å². The van der Waals surface area contributed by atoms with Crippen LogP contribution in [-0.4, -0.2) is 18.3 Å². The first-order chi connectivity index (χ1) is 12.0. The number of hydrogen-bond donors (Lipinski definition) is 1. The first kappa shape index (κ1) is 19.5. The highest BCUT2D eigenvalue weighted by atomic mass is 31.2. The maximum atomic E-state index is 12.4. The Morgan fingerprint density at radius 2 is 1.76 bits per heavy atom. The molecule has 0 fully saturated rings. The van der Waals surface area contributed by atoms with Crippen molar-refractivity contribution < 1.29 is 23.2 Å². The zero-order chi connectivity index (χ0) is 18.3. The minimum atomic E-state index is -3.55. The number of allylic oxidation sites excluding steroid dienone is 5. The summed E-state index contributed by atoms with van der Waals surface area (Å²) in [5.41, 5.74) is 3.55. The summed E-state index contributed by atoms with van der Waals surface area (Å²) in [4.78, 5) is 0. The van der Waals surface area contributed by atoms with Crippen LogP contribution in [0.3, 0.4) is 0 Å². The predicted molar refractivity (Wildman–Crippen MR) is 98.3 cm³/mol. The fraction of sp³-hybridized carbons (Fsp3) is 0.368. The molecule has 6 heteroatoms. The van der Waals surface area contributed by atoms with Crippen LogP contribution in [-0.2, 0) is 24.6 Å². The highest BCUT2D eigenvalue weighted by molar-refractivity contribution is 7.48. The van der Waals surface area contributed by atoms with Crippen molar-refractivity contribution in [2.45, 2.75) is 33.6 Å². The van der Waals surface area contributed by atoms with Crippen molar-refractivity contribution in [3.05, 3.63) is 65.0 Å². The molecule has 5 nitrogen and oxygen atoms in total. The van der Waals surface area contributed by atoms with Gasteiger partial charge in [-0.1, -0.05) is 23.8 Å². The molecule has 0 radical (unpaired) electrons. The maximum absolute atomic E-state index is 12.4. The van der Waals surface area contributed by atoms with Crippen molar-refractivity contribution in [1.29, 1.82) is 0 Å².